The van der Waals surface area contributed by atoms with Crippen molar-refractivity contribution < 1.29 is 13.9 Å². The van der Waals surface area contributed by atoms with Gasteiger partial charge in [0.05, 0.1) is 7.11 Å². The summed E-state index contributed by atoms with van der Waals surface area (Å²) in [6.45, 7) is 0.424. The molecule has 106 valence electrons. The Balaban J connectivity index is 1.68. The first-order valence-electron chi connectivity index (χ1n) is 6.52. The van der Waals surface area contributed by atoms with Gasteiger partial charge < -0.3 is 14.5 Å². The smallest absolute Gasteiger partial charge is 0.287 e. The molecule has 3 rings (SSSR count). The molecule has 5 nitrogen and oxygen atoms in total. The third kappa shape index (κ3) is 2.86. The summed E-state index contributed by atoms with van der Waals surface area (Å²) in [6.07, 6.45) is 1.66. The van der Waals surface area contributed by atoms with Crippen molar-refractivity contribution in [1.29, 1.82) is 0 Å². The van der Waals surface area contributed by atoms with Crippen LogP contribution in [0, 0.1) is 0 Å². The SMILES string of the molecule is COc1ccc(CNC(=O)c2cc3ncccc3o2)cc1. The van der Waals surface area contributed by atoms with Crippen LogP contribution in [0.15, 0.2) is 53.1 Å². The number of fused-ring (bicyclic) bond motifs is 1. The Morgan fingerprint density at radius 1 is 1.29 bits per heavy atom. The van der Waals surface area contributed by atoms with Crippen molar-refractivity contribution in [2.75, 3.05) is 7.11 Å². The van der Waals surface area contributed by atoms with Gasteiger partial charge in [0.15, 0.2) is 11.3 Å². The van der Waals surface area contributed by atoms with E-state index in [1.807, 2.05) is 24.3 Å². The van der Waals surface area contributed by atoms with E-state index in [4.69, 9.17) is 9.15 Å². The second kappa shape index (κ2) is 5.66. The van der Waals surface area contributed by atoms with Crippen LogP contribution in [0.4, 0.5) is 0 Å². The molecule has 0 bridgehead atoms. The molecular formula is C16H14N2O3. The molecule has 21 heavy (non-hydrogen) atoms. The number of ether oxygens (including phenoxy) is 1. The van der Waals surface area contributed by atoms with Gasteiger partial charge in [-0.05, 0) is 29.8 Å². The second-order valence-electron chi connectivity index (χ2n) is 4.53. The molecule has 0 unspecified atom stereocenters. The maximum absolute atomic E-state index is 12.1. The van der Waals surface area contributed by atoms with Crippen molar-refractivity contribution >= 4 is 17.0 Å². The molecule has 1 N–H and O–H groups in total. The lowest BCUT2D eigenvalue weighted by Crippen LogP contribution is -2.22. The van der Waals surface area contributed by atoms with Crippen LogP contribution in [-0.4, -0.2) is 18.0 Å². The average molecular weight is 282 g/mol. The van der Waals surface area contributed by atoms with Crippen LogP contribution in [0.2, 0.25) is 0 Å². The Morgan fingerprint density at radius 2 is 2.10 bits per heavy atom. The number of aromatic nitrogens is 1. The number of nitrogens with zero attached hydrogens (tertiary/aromatic N) is 1. The third-order valence-corrected chi connectivity index (χ3v) is 3.12. The van der Waals surface area contributed by atoms with Crippen molar-refractivity contribution in [2.24, 2.45) is 0 Å². The molecule has 3 aromatic rings. The molecule has 0 spiro atoms. The minimum atomic E-state index is -0.260. The summed E-state index contributed by atoms with van der Waals surface area (Å²) in [5, 5.41) is 2.81. The number of hydrogen-bond acceptors (Lipinski definition) is 4. The fourth-order valence-corrected chi connectivity index (χ4v) is 1.99. The van der Waals surface area contributed by atoms with E-state index in [-0.39, 0.29) is 11.7 Å². The topological polar surface area (TPSA) is 64.4 Å². The van der Waals surface area contributed by atoms with E-state index >= 15 is 0 Å². The number of furan rings is 1. The van der Waals surface area contributed by atoms with Crippen LogP contribution >= 0.6 is 0 Å². The fourth-order valence-electron chi connectivity index (χ4n) is 1.99. The number of carbonyl (C=O) groups is 1. The molecule has 0 aliphatic carbocycles. The molecule has 5 heteroatoms. The maximum Gasteiger partial charge on any atom is 0.287 e. The lowest BCUT2D eigenvalue weighted by atomic mass is 10.2. The van der Waals surface area contributed by atoms with Crippen LogP contribution in [0.1, 0.15) is 16.1 Å². The summed E-state index contributed by atoms with van der Waals surface area (Å²) in [5.41, 5.74) is 2.26. The van der Waals surface area contributed by atoms with E-state index in [1.54, 1.807) is 31.5 Å². The second-order valence-corrected chi connectivity index (χ2v) is 4.53. The molecule has 0 atom stereocenters. The number of rotatable bonds is 4. The van der Waals surface area contributed by atoms with Gasteiger partial charge >= 0.3 is 0 Å². The molecule has 0 saturated carbocycles. The first-order valence-corrected chi connectivity index (χ1v) is 6.52. The summed E-state index contributed by atoms with van der Waals surface area (Å²) in [6, 6.07) is 12.7. The van der Waals surface area contributed by atoms with E-state index in [0.29, 0.717) is 17.6 Å². The highest BCUT2D eigenvalue weighted by Gasteiger charge is 2.12. The monoisotopic (exact) mass is 282 g/mol. The summed E-state index contributed by atoms with van der Waals surface area (Å²) in [7, 11) is 1.62. The molecule has 2 heterocycles. The van der Waals surface area contributed by atoms with Crippen LogP contribution in [-0.2, 0) is 6.54 Å². The van der Waals surface area contributed by atoms with Crippen molar-refractivity contribution in [3.8, 4) is 5.75 Å². The van der Waals surface area contributed by atoms with E-state index in [9.17, 15) is 4.79 Å². The number of pyridine rings is 1. The minimum Gasteiger partial charge on any atom is -0.497 e. The van der Waals surface area contributed by atoms with E-state index in [0.717, 1.165) is 11.3 Å². The Labute approximate surface area is 121 Å². The predicted octanol–water partition coefficient (Wildman–Crippen LogP) is 2.77. The standard InChI is InChI=1S/C16H14N2O3/c1-20-12-6-4-11(5-7-12)10-18-16(19)15-9-13-14(21-15)3-2-8-17-13/h2-9H,10H2,1H3,(H,18,19). The fraction of sp³-hybridized carbons (Fsp3) is 0.125. The first-order chi connectivity index (χ1) is 10.3. The lowest BCUT2D eigenvalue weighted by molar-refractivity contribution is 0.0925. The molecule has 1 amide bonds. The van der Waals surface area contributed by atoms with Crippen LogP contribution in [0.25, 0.3) is 11.1 Å². The molecule has 0 fully saturated rings. The number of methoxy groups -OCH3 is 1. The van der Waals surface area contributed by atoms with Crippen LogP contribution in [0.5, 0.6) is 5.75 Å². The summed E-state index contributed by atoms with van der Waals surface area (Å²) >= 11 is 0. The zero-order valence-corrected chi connectivity index (χ0v) is 11.5. The van der Waals surface area contributed by atoms with Gasteiger partial charge in [-0.1, -0.05) is 12.1 Å². The van der Waals surface area contributed by atoms with Gasteiger partial charge in [0.2, 0.25) is 0 Å². The molecule has 0 radical (unpaired) electrons. The maximum atomic E-state index is 12.1. The molecule has 1 aromatic carbocycles. The van der Waals surface area contributed by atoms with Gasteiger partial charge in [-0.2, -0.15) is 0 Å². The Kier molecular flexibility index (Phi) is 3.55. The number of amides is 1. The minimum absolute atomic E-state index is 0.260. The van der Waals surface area contributed by atoms with Crippen LogP contribution in [0.3, 0.4) is 0 Å². The Bertz CT molecular complexity index is 730. The average Bonchev–Trinajstić information content (AvgIpc) is 2.97. The van der Waals surface area contributed by atoms with E-state index in [2.05, 4.69) is 10.3 Å². The van der Waals surface area contributed by atoms with Crippen molar-refractivity contribution in [3.05, 3.63) is 60.0 Å². The Hall–Kier alpha value is -2.82. The van der Waals surface area contributed by atoms with Gasteiger partial charge in [-0.15, -0.1) is 0 Å². The third-order valence-electron chi connectivity index (χ3n) is 3.12. The zero-order chi connectivity index (χ0) is 14.7. The molecule has 2 aromatic heterocycles. The highest BCUT2D eigenvalue weighted by molar-refractivity contribution is 5.95. The van der Waals surface area contributed by atoms with Crippen molar-refractivity contribution in [1.82, 2.24) is 10.3 Å². The lowest BCUT2D eigenvalue weighted by Gasteiger charge is -2.04. The summed E-state index contributed by atoms with van der Waals surface area (Å²) in [4.78, 5) is 16.2. The summed E-state index contributed by atoms with van der Waals surface area (Å²) < 4.78 is 10.5. The van der Waals surface area contributed by atoms with Gasteiger partial charge in [0, 0.05) is 18.8 Å². The largest absolute Gasteiger partial charge is 0.497 e. The number of nitrogens with one attached hydrogen (secondary N) is 1. The highest BCUT2D eigenvalue weighted by Crippen LogP contribution is 2.16. The number of benzene rings is 1. The molecular weight excluding hydrogens is 268 g/mol. The van der Waals surface area contributed by atoms with Crippen molar-refractivity contribution in [3.63, 3.8) is 0 Å². The van der Waals surface area contributed by atoms with Gasteiger partial charge in [-0.25, -0.2) is 0 Å². The molecule has 0 saturated heterocycles. The summed E-state index contributed by atoms with van der Waals surface area (Å²) in [5.74, 6) is 0.787. The number of hydrogen-bond donors (Lipinski definition) is 1. The number of carbonyl (C=O) groups excluding carboxylic acids is 1. The van der Waals surface area contributed by atoms with Crippen LogP contribution < -0.4 is 10.1 Å². The van der Waals surface area contributed by atoms with Gasteiger partial charge in [-0.3, -0.25) is 9.78 Å². The predicted molar refractivity (Wildman–Crippen MR) is 78.2 cm³/mol. The van der Waals surface area contributed by atoms with E-state index in [1.165, 1.54) is 0 Å². The zero-order valence-electron chi connectivity index (χ0n) is 11.5. The quantitative estimate of drug-likeness (QED) is 0.799. The Morgan fingerprint density at radius 3 is 2.81 bits per heavy atom. The molecule has 0 aliphatic rings. The van der Waals surface area contributed by atoms with Gasteiger partial charge in [0.1, 0.15) is 11.3 Å². The first kappa shape index (κ1) is 13.2. The molecule has 0 aliphatic heterocycles. The normalized spacial score (nSPS) is 10.5. The highest BCUT2D eigenvalue weighted by atomic mass is 16.5. The van der Waals surface area contributed by atoms with Crippen molar-refractivity contribution in [2.45, 2.75) is 6.54 Å². The van der Waals surface area contributed by atoms with E-state index < -0.39 is 0 Å². The van der Waals surface area contributed by atoms with Gasteiger partial charge in [0.25, 0.3) is 5.91 Å².